The summed E-state index contributed by atoms with van der Waals surface area (Å²) in [7, 11) is 0. The van der Waals surface area contributed by atoms with Crippen LogP contribution in [0.25, 0.3) is 0 Å². The Labute approximate surface area is 156 Å². The van der Waals surface area contributed by atoms with E-state index >= 15 is 0 Å². The molecule has 1 N–H and O–H groups in total. The Hall–Kier alpha value is -1.73. The highest BCUT2D eigenvalue weighted by Gasteiger charge is 2.31. The van der Waals surface area contributed by atoms with Crippen molar-refractivity contribution in [3.05, 3.63) is 35.1 Å². The molecule has 134 valence electrons. The number of thioether (sulfide) groups is 1. The van der Waals surface area contributed by atoms with E-state index in [1.54, 1.807) is 6.07 Å². The van der Waals surface area contributed by atoms with Crippen molar-refractivity contribution in [2.45, 2.75) is 49.7 Å². The summed E-state index contributed by atoms with van der Waals surface area (Å²) in [6, 6.07) is 7.75. The predicted molar refractivity (Wildman–Crippen MR) is 98.1 cm³/mol. The number of nitrogens with one attached hydrogen (secondary N) is 1. The van der Waals surface area contributed by atoms with Gasteiger partial charge in [-0.25, -0.2) is 0 Å². The van der Waals surface area contributed by atoms with Crippen molar-refractivity contribution in [2.24, 2.45) is 0 Å². The molecule has 6 nitrogen and oxygen atoms in total. The van der Waals surface area contributed by atoms with E-state index in [4.69, 9.17) is 16.3 Å². The number of ether oxygens (including phenoxy) is 1. The van der Waals surface area contributed by atoms with Gasteiger partial charge >= 0.3 is 0 Å². The second-order valence-electron chi connectivity index (χ2n) is 5.87. The van der Waals surface area contributed by atoms with Crippen LogP contribution in [0.3, 0.4) is 0 Å². The summed E-state index contributed by atoms with van der Waals surface area (Å²) in [6.07, 6.45) is 2.19. The van der Waals surface area contributed by atoms with Crippen LogP contribution in [0.15, 0.2) is 29.4 Å². The lowest BCUT2D eigenvalue weighted by atomic mass is 10.3. The quantitative estimate of drug-likeness (QED) is 0.710. The van der Waals surface area contributed by atoms with Gasteiger partial charge in [-0.1, -0.05) is 35.5 Å². The van der Waals surface area contributed by atoms with Crippen molar-refractivity contribution in [3.63, 3.8) is 0 Å². The smallest absolute Gasteiger partial charge is 0.233 e. The van der Waals surface area contributed by atoms with Crippen molar-refractivity contribution in [1.29, 1.82) is 0 Å². The van der Waals surface area contributed by atoms with E-state index in [1.165, 1.54) is 11.8 Å². The van der Waals surface area contributed by atoms with E-state index in [0.29, 0.717) is 30.0 Å². The third kappa shape index (κ3) is 4.46. The number of carbonyl (C=O) groups excluding carboxylic acids is 1. The summed E-state index contributed by atoms with van der Waals surface area (Å²) >= 11 is 7.56. The number of halogens is 1. The SMILES string of the molecule is CCNC(=O)[C@@H](C)Sc1nnc(COc2ccccc2Cl)n1C1CC1. The number of carbonyl (C=O) groups is 1. The van der Waals surface area contributed by atoms with E-state index in [-0.39, 0.29) is 11.2 Å². The number of hydrogen-bond donors (Lipinski definition) is 1. The molecule has 2 aromatic rings. The highest BCUT2D eigenvalue weighted by atomic mass is 35.5. The summed E-state index contributed by atoms with van der Waals surface area (Å²) in [5.74, 6) is 1.39. The van der Waals surface area contributed by atoms with Gasteiger partial charge in [0.1, 0.15) is 12.4 Å². The van der Waals surface area contributed by atoms with Gasteiger partial charge in [0.15, 0.2) is 11.0 Å². The topological polar surface area (TPSA) is 69.0 Å². The lowest BCUT2D eigenvalue weighted by Gasteiger charge is -2.13. The van der Waals surface area contributed by atoms with E-state index in [9.17, 15) is 4.79 Å². The lowest BCUT2D eigenvalue weighted by molar-refractivity contribution is -0.120. The zero-order chi connectivity index (χ0) is 17.8. The first-order valence-electron chi connectivity index (χ1n) is 8.35. The van der Waals surface area contributed by atoms with Gasteiger partial charge in [-0.3, -0.25) is 9.36 Å². The summed E-state index contributed by atoms with van der Waals surface area (Å²) < 4.78 is 7.90. The number of amides is 1. The van der Waals surface area contributed by atoms with Crippen LogP contribution in [0.1, 0.15) is 38.6 Å². The van der Waals surface area contributed by atoms with Crippen molar-refractivity contribution in [2.75, 3.05) is 6.54 Å². The summed E-state index contributed by atoms with van der Waals surface area (Å²) in [6.45, 7) is 4.70. The average molecular weight is 381 g/mol. The van der Waals surface area contributed by atoms with E-state index in [2.05, 4.69) is 20.1 Å². The van der Waals surface area contributed by atoms with Crippen LogP contribution in [-0.4, -0.2) is 32.5 Å². The van der Waals surface area contributed by atoms with Crippen LogP contribution >= 0.6 is 23.4 Å². The first-order chi connectivity index (χ1) is 12.1. The van der Waals surface area contributed by atoms with Crippen molar-refractivity contribution >= 4 is 29.3 Å². The number of benzene rings is 1. The highest BCUT2D eigenvalue weighted by Crippen LogP contribution is 2.39. The molecular weight excluding hydrogens is 360 g/mol. The maximum atomic E-state index is 12.0. The van der Waals surface area contributed by atoms with Crippen molar-refractivity contribution in [3.8, 4) is 5.75 Å². The summed E-state index contributed by atoms with van der Waals surface area (Å²) in [4.78, 5) is 12.0. The Morgan fingerprint density at radius 1 is 1.44 bits per heavy atom. The molecule has 0 saturated heterocycles. The Morgan fingerprint density at radius 3 is 2.88 bits per heavy atom. The molecule has 8 heteroatoms. The monoisotopic (exact) mass is 380 g/mol. The van der Waals surface area contributed by atoms with Crippen LogP contribution in [0.4, 0.5) is 0 Å². The first-order valence-corrected chi connectivity index (χ1v) is 9.61. The van der Waals surface area contributed by atoms with Gasteiger partial charge in [0.05, 0.1) is 10.3 Å². The zero-order valence-corrected chi connectivity index (χ0v) is 15.8. The molecule has 0 aliphatic heterocycles. The molecule has 1 heterocycles. The largest absolute Gasteiger partial charge is 0.484 e. The minimum absolute atomic E-state index is 0.00622. The molecule has 3 rings (SSSR count). The van der Waals surface area contributed by atoms with Crippen molar-refractivity contribution < 1.29 is 9.53 Å². The van der Waals surface area contributed by atoms with Gasteiger partial charge in [0.2, 0.25) is 5.91 Å². The van der Waals surface area contributed by atoms with E-state index in [0.717, 1.165) is 23.8 Å². The van der Waals surface area contributed by atoms with Crippen LogP contribution < -0.4 is 10.1 Å². The highest BCUT2D eigenvalue weighted by molar-refractivity contribution is 8.00. The third-order valence-electron chi connectivity index (χ3n) is 3.84. The summed E-state index contributed by atoms with van der Waals surface area (Å²) in [5, 5.41) is 12.5. The fourth-order valence-corrected chi connectivity index (χ4v) is 3.57. The number of rotatable bonds is 8. The minimum atomic E-state index is -0.223. The fourth-order valence-electron chi connectivity index (χ4n) is 2.42. The molecule has 1 fully saturated rings. The van der Waals surface area contributed by atoms with Gasteiger partial charge in [0, 0.05) is 12.6 Å². The second kappa shape index (κ2) is 8.10. The van der Waals surface area contributed by atoms with Gasteiger partial charge in [-0.15, -0.1) is 10.2 Å². The molecule has 1 amide bonds. The van der Waals surface area contributed by atoms with Gasteiger partial charge in [-0.05, 0) is 38.8 Å². The number of aromatic nitrogens is 3. The van der Waals surface area contributed by atoms with Crippen molar-refractivity contribution in [1.82, 2.24) is 20.1 Å². The second-order valence-corrected chi connectivity index (χ2v) is 7.59. The molecule has 1 aliphatic rings. The molecule has 0 unspecified atom stereocenters. The fraction of sp³-hybridized carbons (Fsp3) is 0.471. The van der Waals surface area contributed by atoms with Crippen LogP contribution in [0.5, 0.6) is 5.75 Å². The Morgan fingerprint density at radius 2 is 2.20 bits per heavy atom. The molecule has 25 heavy (non-hydrogen) atoms. The molecule has 1 aliphatic carbocycles. The number of hydrogen-bond acceptors (Lipinski definition) is 5. The van der Waals surface area contributed by atoms with E-state index in [1.807, 2.05) is 32.0 Å². The predicted octanol–water partition coefficient (Wildman–Crippen LogP) is 3.46. The average Bonchev–Trinajstić information content (AvgIpc) is 3.36. The van der Waals surface area contributed by atoms with Crippen LogP contribution in [-0.2, 0) is 11.4 Å². The molecule has 1 aromatic carbocycles. The molecule has 0 bridgehead atoms. The summed E-state index contributed by atoms with van der Waals surface area (Å²) in [5.41, 5.74) is 0. The lowest BCUT2D eigenvalue weighted by Crippen LogP contribution is -2.30. The minimum Gasteiger partial charge on any atom is -0.484 e. The molecule has 1 aromatic heterocycles. The zero-order valence-electron chi connectivity index (χ0n) is 14.2. The van der Waals surface area contributed by atoms with Gasteiger partial charge in [0.25, 0.3) is 0 Å². The molecule has 0 spiro atoms. The number of nitrogens with zero attached hydrogens (tertiary/aromatic N) is 3. The first kappa shape index (κ1) is 18.1. The third-order valence-corrected chi connectivity index (χ3v) is 5.21. The van der Waals surface area contributed by atoms with E-state index < -0.39 is 0 Å². The number of para-hydroxylation sites is 1. The van der Waals surface area contributed by atoms with Crippen LogP contribution in [0, 0.1) is 0 Å². The van der Waals surface area contributed by atoms with Crippen LogP contribution in [0.2, 0.25) is 5.02 Å². The molecule has 1 atom stereocenters. The van der Waals surface area contributed by atoms with Gasteiger partial charge in [-0.2, -0.15) is 0 Å². The molecular formula is C17H21ClN4O2S. The normalized spacial score (nSPS) is 15.0. The Kier molecular flexibility index (Phi) is 5.86. The Balaban J connectivity index is 1.72. The maximum absolute atomic E-state index is 12.0. The standard InChI is InChI=1S/C17H21ClN4O2S/c1-3-19-16(23)11(2)25-17-21-20-15(22(17)12-8-9-12)10-24-14-7-5-4-6-13(14)18/h4-7,11-12H,3,8-10H2,1-2H3,(H,19,23)/t11-/m1/s1. The Bertz CT molecular complexity index is 748. The molecule has 1 saturated carbocycles. The van der Waals surface area contributed by atoms with Gasteiger partial charge < -0.3 is 10.1 Å². The maximum Gasteiger partial charge on any atom is 0.233 e. The molecule has 0 radical (unpaired) electrons.